The summed E-state index contributed by atoms with van der Waals surface area (Å²) in [5, 5.41) is 0.767. The summed E-state index contributed by atoms with van der Waals surface area (Å²) in [4.78, 5) is 24.4. The number of Topliss-reactive ketones (excluding diaryl/α,β-unsaturated/α-hetero) is 1. The Hall–Kier alpha value is -2.74. The molecule has 4 rings (SSSR count). The van der Waals surface area contributed by atoms with Crippen molar-refractivity contribution >= 4 is 22.9 Å². The molecule has 1 fully saturated rings. The Labute approximate surface area is 176 Å². The number of thiazole rings is 1. The van der Waals surface area contributed by atoms with Gasteiger partial charge in [-0.3, -0.25) is 4.79 Å². The number of nitrogens with zero attached hydrogens (tertiary/aromatic N) is 3. The Morgan fingerprint density at radius 3 is 2.53 bits per heavy atom. The Balaban J connectivity index is 1.47. The van der Waals surface area contributed by atoms with E-state index in [1.165, 1.54) is 6.07 Å². The molecule has 2 aromatic heterocycles. The summed E-state index contributed by atoms with van der Waals surface area (Å²) in [7, 11) is 0. The fourth-order valence-corrected chi connectivity index (χ4v) is 4.56. The van der Waals surface area contributed by atoms with Crippen molar-refractivity contribution < 1.29 is 18.0 Å². The Morgan fingerprint density at radius 2 is 1.97 bits per heavy atom. The van der Waals surface area contributed by atoms with Crippen molar-refractivity contribution in [2.24, 2.45) is 0 Å². The zero-order chi connectivity index (χ0) is 21.3. The van der Waals surface area contributed by atoms with Gasteiger partial charge in [0.2, 0.25) is 0 Å². The molecule has 1 saturated heterocycles. The molecule has 0 amide bonds. The second-order valence-corrected chi connectivity index (χ2v) is 8.31. The number of carbonyl (C=O) groups is 1. The van der Waals surface area contributed by atoms with Crippen LogP contribution in [0, 0.1) is 0 Å². The summed E-state index contributed by atoms with van der Waals surface area (Å²) < 4.78 is 38.2. The predicted octanol–water partition coefficient (Wildman–Crippen LogP) is 5.18. The number of hydrogen-bond acceptors (Lipinski definition) is 5. The molecule has 3 aromatic rings. The zero-order valence-corrected chi connectivity index (χ0v) is 17.1. The molecule has 0 bridgehead atoms. The van der Waals surface area contributed by atoms with E-state index in [0.29, 0.717) is 18.8 Å². The first-order valence-corrected chi connectivity index (χ1v) is 10.5. The summed E-state index contributed by atoms with van der Waals surface area (Å²) >= 11 is 1.55. The molecule has 1 aliphatic heterocycles. The number of aromatic nitrogens is 2. The van der Waals surface area contributed by atoms with Gasteiger partial charge >= 0.3 is 6.18 Å². The third-order valence-corrected chi connectivity index (χ3v) is 6.40. The summed E-state index contributed by atoms with van der Waals surface area (Å²) in [6.07, 6.45) is -1.89. The van der Waals surface area contributed by atoms with Gasteiger partial charge in [0.1, 0.15) is 10.8 Å². The van der Waals surface area contributed by atoms with Crippen LogP contribution < -0.4 is 4.90 Å². The lowest BCUT2D eigenvalue weighted by molar-refractivity contribution is -0.137. The number of alkyl halides is 3. The summed E-state index contributed by atoms with van der Waals surface area (Å²) in [6, 6.07) is 11.8. The van der Waals surface area contributed by atoms with Crippen molar-refractivity contribution in [3.8, 4) is 11.3 Å². The van der Waals surface area contributed by atoms with Crippen molar-refractivity contribution in [2.45, 2.75) is 38.4 Å². The number of rotatable bonds is 6. The number of carbonyl (C=O) groups excluding carboxylic acids is 1. The molecule has 0 aliphatic carbocycles. The van der Waals surface area contributed by atoms with E-state index in [2.05, 4.69) is 11.9 Å². The van der Waals surface area contributed by atoms with E-state index in [-0.39, 0.29) is 18.2 Å². The lowest BCUT2D eigenvalue weighted by Crippen LogP contribution is -2.53. The second kappa shape index (κ2) is 8.18. The van der Waals surface area contributed by atoms with Gasteiger partial charge in [-0.15, -0.1) is 11.3 Å². The highest BCUT2D eigenvalue weighted by molar-refractivity contribution is 7.12. The quantitative estimate of drug-likeness (QED) is 0.540. The number of pyridine rings is 1. The first-order chi connectivity index (χ1) is 14.4. The van der Waals surface area contributed by atoms with Crippen LogP contribution in [0.4, 0.5) is 19.0 Å². The van der Waals surface area contributed by atoms with Crippen LogP contribution >= 0.6 is 11.3 Å². The number of hydrogen-bond donors (Lipinski definition) is 0. The average molecular weight is 431 g/mol. The first kappa shape index (κ1) is 20.5. The van der Waals surface area contributed by atoms with Crippen molar-refractivity contribution in [1.82, 2.24) is 9.97 Å². The highest BCUT2D eigenvalue weighted by Gasteiger charge is 2.36. The third kappa shape index (κ3) is 4.09. The highest BCUT2D eigenvalue weighted by atomic mass is 32.1. The average Bonchev–Trinajstić information content (AvgIpc) is 3.10. The summed E-state index contributed by atoms with van der Waals surface area (Å²) in [5.41, 5.74) is 1.15. The van der Waals surface area contributed by atoms with Crippen LogP contribution in [-0.2, 0) is 23.8 Å². The van der Waals surface area contributed by atoms with Gasteiger partial charge in [0.05, 0.1) is 23.7 Å². The maximum Gasteiger partial charge on any atom is 0.417 e. The van der Waals surface area contributed by atoms with Crippen LogP contribution in [-0.4, -0.2) is 28.3 Å². The standard InChI is InChI=1S/C22H20F3N3OS/c1-2-18-21(14-6-4-3-5-7-14)27-20(30-18)12-17(29)16-10-11-28(16)19-9-8-15(13-26-19)22(23,24)25/h3-9,13,16H,2,10-12H2,1H3/t16-/m0/s1. The van der Waals surface area contributed by atoms with Crippen LogP contribution in [0.15, 0.2) is 48.7 Å². The monoisotopic (exact) mass is 431 g/mol. The fourth-order valence-electron chi connectivity index (χ4n) is 3.52. The van der Waals surface area contributed by atoms with E-state index in [1.54, 1.807) is 16.2 Å². The fraction of sp³-hybridized carbons (Fsp3) is 0.318. The van der Waals surface area contributed by atoms with Gasteiger partial charge in [0, 0.05) is 23.2 Å². The van der Waals surface area contributed by atoms with Gasteiger partial charge in [0.25, 0.3) is 0 Å². The number of halogens is 3. The topological polar surface area (TPSA) is 46.1 Å². The normalized spacial score (nSPS) is 16.4. The van der Waals surface area contributed by atoms with Crippen LogP contribution in [0.2, 0.25) is 0 Å². The molecular weight excluding hydrogens is 411 g/mol. The van der Waals surface area contributed by atoms with Crippen molar-refractivity contribution in [3.05, 3.63) is 64.1 Å². The predicted molar refractivity (Wildman–Crippen MR) is 111 cm³/mol. The molecule has 0 unspecified atom stereocenters. The van der Waals surface area contributed by atoms with Gasteiger partial charge in [-0.1, -0.05) is 37.3 Å². The number of aryl methyl sites for hydroxylation is 1. The van der Waals surface area contributed by atoms with E-state index in [9.17, 15) is 18.0 Å². The van der Waals surface area contributed by atoms with Crippen LogP contribution in [0.3, 0.4) is 0 Å². The zero-order valence-electron chi connectivity index (χ0n) is 16.3. The lowest BCUT2D eigenvalue weighted by Gasteiger charge is -2.40. The molecule has 0 spiro atoms. The minimum atomic E-state index is -4.42. The molecule has 0 radical (unpaired) electrons. The molecule has 1 aromatic carbocycles. The number of anilines is 1. The molecule has 0 N–H and O–H groups in total. The molecule has 0 saturated carbocycles. The van der Waals surface area contributed by atoms with Gasteiger partial charge in [-0.2, -0.15) is 13.2 Å². The largest absolute Gasteiger partial charge is 0.417 e. The SMILES string of the molecule is CCc1sc(CC(=O)[C@@H]2CCN2c2ccc(C(F)(F)F)cn2)nc1-c1ccccc1. The van der Waals surface area contributed by atoms with Gasteiger partial charge in [0.15, 0.2) is 5.78 Å². The van der Waals surface area contributed by atoms with Crippen molar-refractivity contribution in [2.75, 3.05) is 11.4 Å². The third-order valence-electron chi connectivity index (χ3n) is 5.20. The Kier molecular flexibility index (Phi) is 5.60. The van der Waals surface area contributed by atoms with Crippen molar-refractivity contribution in [3.63, 3.8) is 0 Å². The van der Waals surface area contributed by atoms with Gasteiger partial charge < -0.3 is 4.90 Å². The highest BCUT2D eigenvalue weighted by Crippen LogP contribution is 2.33. The number of benzene rings is 1. The molecule has 1 aliphatic rings. The summed E-state index contributed by atoms with van der Waals surface area (Å²) in [6.45, 7) is 2.66. The van der Waals surface area contributed by atoms with Crippen LogP contribution in [0.5, 0.6) is 0 Å². The molecule has 1 atom stereocenters. The van der Waals surface area contributed by atoms with E-state index in [4.69, 9.17) is 4.98 Å². The molecule has 8 heteroatoms. The molecule has 3 heterocycles. The van der Waals surface area contributed by atoms with Crippen molar-refractivity contribution in [1.29, 1.82) is 0 Å². The Bertz CT molecular complexity index is 1030. The smallest absolute Gasteiger partial charge is 0.346 e. The van der Waals surface area contributed by atoms with Crippen LogP contribution in [0.1, 0.15) is 28.8 Å². The lowest BCUT2D eigenvalue weighted by atomic mass is 9.96. The maximum absolute atomic E-state index is 12.9. The Morgan fingerprint density at radius 1 is 1.20 bits per heavy atom. The molecule has 4 nitrogen and oxygen atoms in total. The van der Waals surface area contributed by atoms with Gasteiger partial charge in [-0.05, 0) is 25.0 Å². The van der Waals surface area contributed by atoms with E-state index >= 15 is 0 Å². The minimum Gasteiger partial charge on any atom is -0.346 e. The summed E-state index contributed by atoms with van der Waals surface area (Å²) in [5.74, 6) is 0.407. The minimum absolute atomic E-state index is 0.0129. The molecular formula is C22H20F3N3OS. The van der Waals surface area contributed by atoms with E-state index < -0.39 is 11.7 Å². The first-order valence-electron chi connectivity index (χ1n) is 9.73. The van der Waals surface area contributed by atoms with Gasteiger partial charge in [-0.25, -0.2) is 9.97 Å². The van der Waals surface area contributed by atoms with Crippen LogP contribution in [0.25, 0.3) is 11.3 Å². The molecule has 156 valence electrons. The maximum atomic E-state index is 12.9. The second-order valence-electron chi connectivity index (χ2n) is 7.14. The molecule has 30 heavy (non-hydrogen) atoms. The number of ketones is 1. The van der Waals surface area contributed by atoms with E-state index in [0.717, 1.165) is 39.8 Å². The van der Waals surface area contributed by atoms with E-state index in [1.807, 2.05) is 30.3 Å².